The molecule has 0 N–H and O–H groups in total. The molecule has 0 bridgehead atoms. The summed E-state index contributed by atoms with van der Waals surface area (Å²) in [6, 6.07) is 13.8. The third-order valence-corrected chi connectivity index (χ3v) is 7.70. The van der Waals surface area contributed by atoms with Crippen molar-refractivity contribution >= 4 is 34.7 Å². The number of carbonyl (C=O) groups is 1. The summed E-state index contributed by atoms with van der Waals surface area (Å²) in [6.45, 7) is 11.0. The number of aryl methyl sites for hydroxylation is 1. The molecule has 1 atom stereocenters. The first kappa shape index (κ1) is 26.0. The predicted molar refractivity (Wildman–Crippen MR) is 142 cm³/mol. The fourth-order valence-electron chi connectivity index (χ4n) is 4.89. The average molecular weight is 487 g/mol. The maximum absolute atomic E-state index is 13.9. The molecule has 0 aromatic heterocycles. The van der Waals surface area contributed by atoms with E-state index < -0.39 is 0 Å². The van der Waals surface area contributed by atoms with Gasteiger partial charge < -0.3 is 0 Å². The molecule has 0 heterocycles. The van der Waals surface area contributed by atoms with Crippen molar-refractivity contribution in [3.8, 4) is 0 Å². The summed E-state index contributed by atoms with van der Waals surface area (Å²) in [7, 11) is 0. The molecule has 0 radical (unpaired) electrons. The topological polar surface area (TPSA) is 29.4 Å². The van der Waals surface area contributed by atoms with E-state index in [1.54, 1.807) is 6.07 Å². The molecule has 1 aliphatic rings. The first-order valence-electron chi connectivity index (χ1n) is 12.3. The molecule has 1 fully saturated rings. The average Bonchev–Trinajstić information content (AvgIpc) is 2.76. The zero-order valence-corrected chi connectivity index (χ0v) is 22.1. The summed E-state index contributed by atoms with van der Waals surface area (Å²) >= 11 is 12.7. The van der Waals surface area contributed by atoms with Gasteiger partial charge in [-0.3, -0.25) is 9.79 Å². The monoisotopic (exact) mass is 485 g/mol. The Kier molecular flexibility index (Phi) is 8.81. The van der Waals surface area contributed by atoms with E-state index in [9.17, 15) is 4.79 Å². The van der Waals surface area contributed by atoms with E-state index in [-0.39, 0.29) is 17.2 Å². The lowest BCUT2D eigenvalue weighted by atomic mass is 9.73. The van der Waals surface area contributed by atoms with Crippen LogP contribution in [0.5, 0.6) is 0 Å². The van der Waals surface area contributed by atoms with Gasteiger partial charge in [0.15, 0.2) is 5.78 Å². The Hall–Kier alpha value is -1.64. The van der Waals surface area contributed by atoms with Crippen molar-refractivity contribution in [2.24, 2.45) is 22.7 Å². The molecule has 2 nitrogen and oxygen atoms in total. The molecule has 0 aliphatic heterocycles. The number of benzene rings is 2. The minimum Gasteiger partial charge on any atom is -0.292 e. The number of aliphatic imine (C=N–C) groups is 1. The van der Waals surface area contributed by atoms with Crippen molar-refractivity contribution in [1.29, 1.82) is 0 Å². The quantitative estimate of drug-likeness (QED) is 0.344. The SMILES string of the molecule is CCC(Cc1ccc(C)cc1)C(=O)C(=NC1(C)CCC(C(C)C)CC1)c1cc(Cl)cc(Cl)c1. The Morgan fingerprint density at radius 3 is 2.15 bits per heavy atom. The number of rotatable bonds is 8. The van der Waals surface area contributed by atoms with Crippen LogP contribution in [0.15, 0.2) is 47.5 Å². The van der Waals surface area contributed by atoms with Crippen LogP contribution in [0.25, 0.3) is 0 Å². The van der Waals surface area contributed by atoms with E-state index >= 15 is 0 Å². The molecular formula is C29H37Cl2NO. The molecular weight excluding hydrogens is 449 g/mol. The summed E-state index contributed by atoms with van der Waals surface area (Å²) in [5.74, 6) is 1.37. The summed E-state index contributed by atoms with van der Waals surface area (Å²) in [5, 5.41) is 1.05. The zero-order valence-electron chi connectivity index (χ0n) is 20.6. The van der Waals surface area contributed by atoms with Crippen molar-refractivity contribution in [3.05, 3.63) is 69.2 Å². The highest BCUT2D eigenvalue weighted by Crippen LogP contribution is 2.38. The number of hydrogen-bond donors (Lipinski definition) is 0. The van der Waals surface area contributed by atoms with Gasteiger partial charge in [0.1, 0.15) is 5.71 Å². The van der Waals surface area contributed by atoms with E-state index in [4.69, 9.17) is 28.2 Å². The third kappa shape index (κ3) is 6.93. The Balaban J connectivity index is 1.96. The first-order chi connectivity index (χ1) is 15.6. The minimum atomic E-state index is -0.243. The molecule has 33 heavy (non-hydrogen) atoms. The van der Waals surface area contributed by atoms with Crippen LogP contribution in [0.2, 0.25) is 10.0 Å². The van der Waals surface area contributed by atoms with Gasteiger partial charge in [-0.05, 0) is 88.0 Å². The Labute approximate surface area is 209 Å². The molecule has 2 aromatic rings. The smallest absolute Gasteiger partial charge is 0.184 e. The molecule has 4 heteroatoms. The van der Waals surface area contributed by atoms with Crippen LogP contribution < -0.4 is 0 Å². The lowest BCUT2D eigenvalue weighted by molar-refractivity contribution is -0.116. The van der Waals surface area contributed by atoms with Crippen molar-refractivity contribution in [3.63, 3.8) is 0 Å². The second-order valence-corrected chi connectivity index (χ2v) is 11.2. The number of carbonyl (C=O) groups excluding carboxylic acids is 1. The Bertz CT molecular complexity index is 965. The molecule has 0 saturated heterocycles. The van der Waals surface area contributed by atoms with Crippen LogP contribution in [0.1, 0.15) is 76.5 Å². The number of hydrogen-bond acceptors (Lipinski definition) is 2. The summed E-state index contributed by atoms with van der Waals surface area (Å²) in [5.41, 5.74) is 3.41. The summed E-state index contributed by atoms with van der Waals surface area (Å²) in [4.78, 5) is 19.1. The van der Waals surface area contributed by atoms with Crippen LogP contribution in [0.4, 0.5) is 0 Å². The summed E-state index contributed by atoms with van der Waals surface area (Å²) < 4.78 is 0. The fourth-order valence-corrected chi connectivity index (χ4v) is 5.41. The number of Topliss-reactive ketones (excluding diaryl/α,β-unsaturated/α-hetero) is 1. The largest absolute Gasteiger partial charge is 0.292 e. The third-order valence-electron chi connectivity index (χ3n) is 7.27. The van der Waals surface area contributed by atoms with Crippen LogP contribution in [-0.4, -0.2) is 17.0 Å². The van der Waals surface area contributed by atoms with Crippen LogP contribution >= 0.6 is 23.2 Å². The van der Waals surface area contributed by atoms with Crippen molar-refractivity contribution < 1.29 is 4.79 Å². The highest BCUT2D eigenvalue weighted by atomic mass is 35.5. The van der Waals surface area contributed by atoms with Gasteiger partial charge in [-0.2, -0.15) is 0 Å². The van der Waals surface area contributed by atoms with Crippen LogP contribution in [0.3, 0.4) is 0 Å². The van der Waals surface area contributed by atoms with Crippen molar-refractivity contribution in [2.75, 3.05) is 0 Å². The predicted octanol–water partition coefficient (Wildman–Crippen LogP) is 8.53. The van der Waals surface area contributed by atoms with Crippen LogP contribution in [-0.2, 0) is 11.2 Å². The second-order valence-electron chi connectivity index (χ2n) is 10.4. The normalized spacial score (nSPS) is 22.4. The van der Waals surface area contributed by atoms with E-state index in [2.05, 4.69) is 58.9 Å². The van der Waals surface area contributed by atoms with E-state index in [1.165, 1.54) is 11.1 Å². The van der Waals surface area contributed by atoms with Crippen molar-refractivity contribution in [2.45, 2.75) is 78.7 Å². The zero-order chi connectivity index (χ0) is 24.2. The first-order valence-corrected chi connectivity index (χ1v) is 13.0. The molecule has 1 unspecified atom stereocenters. The second kappa shape index (κ2) is 11.2. The van der Waals surface area contributed by atoms with E-state index in [1.807, 2.05) is 12.1 Å². The van der Waals surface area contributed by atoms with E-state index in [0.29, 0.717) is 28.1 Å². The van der Waals surface area contributed by atoms with Crippen molar-refractivity contribution in [1.82, 2.24) is 0 Å². The molecule has 178 valence electrons. The fraction of sp³-hybridized carbons (Fsp3) is 0.517. The lowest BCUT2D eigenvalue weighted by Gasteiger charge is -2.36. The lowest BCUT2D eigenvalue weighted by Crippen LogP contribution is -2.35. The molecule has 1 saturated carbocycles. The Morgan fingerprint density at radius 2 is 1.64 bits per heavy atom. The standard InChI is InChI=1S/C29H37Cl2NO/c1-6-22(15-21-9-7-20(4)8-10-21)28(33)27(24-16-25(30)18-26(31)17-24)32-29(5)13-11-23(12-14-29)19(2)3/h7-10,16-19,22-23H,6,11-15H2,1-5H3. The maximum Gasteiger partial charge on any atom is 0.184 e. The summed E-state index contributed by atoms with van der Waals surface area (Å²) in [6.07, 6.45) is 5.75. The number of ketones is 1. The van der Waals surface area contributed by atoms with Gasteiger partial charge in [0.2, 0.25) is 0 Å². The Morgan fingerprint density at radius 1 is 1.06 bits per heavy atom. The molecule has 0 amide bonds. The van der Waals surface area contributed by atoms with Gasteiger partial charge in [-0.15, -0.1) is 0 Å². The van der Waals surface area contributed by atoms with Gasteiger partial charge in [-0.25, -0.2) is 0 Å². The molecule has 0 spiro atoms. The maximum atomic E-state index is 13.9. The highest BCUT2D eigenvalue weighted by Gasteiger charge is 2.34. The molecule has 3 rings (SSSR count). The van der Waals surface area contributed by atoms with Gasteiger partial charge in [0.25, 0.3) is 0 Å². The van der Waals surface area contributed by atoms with E-state index in [0.717, 1.165) is 43.6 Å². The van der Waals surface area contributed by atoms with Gasteiger partial charge in [0, 0.05) is 21.5 Å². The van der Waals surface area contributed by atoms with Gasteiger partial charge in [0.05, 0.1) is 5.54 Å². The van der Waals surface area contributed by atoms with Crippen LogP contribution in [0, 0.1) is 24.7 Å². The number of halogens is 2. The van der Waals surface area contributed by atoms with Gasteiger partial charge >= 0.3 is 0 Å². The van der Waals surface area contributed by atoms with Gasteiger partial charge in [-0.1, -0.05) is 73.8 Å². The minimum absolute atomic E-state index is 0.0867. The highest BCUT2D eigenvalue weighted by molar-refractivity contribution is 6.48. The number of nitrogens with zero attached hydrogens (tertiary/aromatic N) is 1. The molecule has 2 aromatic carbocycles. The molecule has 1 aliphatic carbocycles.